The lowest BCUT2D eigenvalue weighted by Gasteiger charge is -2.20. The van der Waals surface area contributed by atoms with Crippen LogP contribution in [0.4, 0.5) is 0 Å². The van der Waals surface area contributed by atoms with Gasteiger partial charge < -0.3 is 4.84 Å². The van der Waals surface area contributed by atoms with Gasteiger partial charge in [-0.25, -0.2) is 4.79 Å². The molecule has 0 amide bonds. The molecule has 20 heavy (non-hydrogen) atoms. The molecule has 0 heterocycles. The quantitative estimate of drug-likeness (QED) is 0.710. The van der Waals surface area contributed by atoms with Gasteiger partial charge in [0.15, 0.2) is 0 Å². The van der Waals surface area contributed by atoms with E-state index in [0.717, 1.165) is 12.0 Å². The molecule has 1 aromatic rings. The first-order valence-corrected chi connectivity index (χ1v) is 7.53. The first kappa shape index (κ1) is 16.7. The SMILES string of the molecule is CCN(CC)OC(=O)C(C)c1ccc(CC(C)C)cc1. The minimum Gasteiger partial charge on any atom is -0.367 e. The van der Waals surface area contributed by atoms with Crippen molar-refractivity contribution < 1.29 is 9.63 Å². The zero-order valence-corrected chi connectivity index (χ0v) is 13.3. The van der Waals surface area contributed by atoms with Crippen LogP contribution in [0.15, 0.2) is 24.3 Å². The molecule has 0 saturated carbocycles. The number of carbonyl (C=O) groups is 1. The van der Waals surface area contributed by atoms with E-state index in [-0.39, 0.29) is 11.9 Å². The van der Waals surface area contributed by atoms with Gasteiger partial charge in [0.1, 0.15) is 0 Å². The Bertz CT molecular complexity index is 408. The Labute approximate surface area is 122 Å². The Balaban J connectivity index is 2.67. The molecule has 3 heteroatoms. The highest BCUT2D eigenvalue weighted by Crippen LogP contribution is 2.19. The maximum atomic E-state index is 12.1. The van der Waals surface area contributed by atoms with Crippen molar-refractivity contribution in [3.63, 3.8) is 0 Å². The molecule has 1 atom stereocenters. The Morgan fingerprint density at radius 1 is 1.10 bits per heavy atom. The summed E-state index contributed by atoms with van der Waals surface area (Å²) in [5.74, 6) is 0.222. The standard InChI is InChI=1S/C17H27NO2/c1-6-18(7-2)20-17(19)14(5)16-10-8-15(9-11-16)12-13(3)4/h8-11,13-14H,6-7,12H2,1-5H3. The summed E-state index contributed by atoms with van der Waals surface area (Å²) < 4.78 is 0. The summed E-state index contributed by atoms with van der Waals surface area (Å²) in [5, 5.41) is 1.67. The zero-order chi connectivity index (χ0) is 15.1. The van der Waals surface area contributed by atoms with Crippen LogP contribution in [-0.2, 0) is 16.1 Å². The largest absolute Gasteiger partial charge is 0.367 e. The fourth-order valence-electron chi connectivity index (χ4n) is 2.11. The molecule has 1 rings (SSSR count). The van der Waals surface area contributed by atoms with Crippen molar-refractivity contribution in [1.82, 2.24) is 5.06 Å². The van der Waals surface area contributed by atoms with Gasteiger partial charge in [0.05, 0.1) is 5.92 Å². The van der Waals surface area contributed by atoms with Gasteiger partial charge in [0, 0.05) is 13.1 Å². The van der Waals surface area contributed by atoms with Crippen LogP contribution in [-0.4, -0.2) is 24.1 Å². The summed E-state index contributed by atoms with van der Waals surface area (Å²) in [6.45, 7) is 11.7. The summed E-state index contributed by atoms with van der Waals surface area (Å²) in [5.41, 5.74) is 2.32. The van der Waals surface area contributed by atoms with Crippen LogP contribution in [0, 0.1) is 5.92 Å². The van der Waals surface area contributed by atoms with Crippen LogP contribution in [0.5, 0.6) is 0 Å². The van der Waals surface area contributed by atoms with Gasteiger partial charge >= 0.3 is 5.97 Å². The van der Waals surface area contributed by atoms with Crippen molar-refractivity contribution in [2.75, 3.05) is 13.1 Å². The number of rotatable bonds is 7. The minimum atomic E-state index is -0.233. The number of benzene rings is 1. The van der Waals surface area contributed by atoms with Gasteiger partial charge in [-0.2, -0.15) is 0 Å². The molecule has 0 radical (unpaired) electrons. The molecule has 0 aliphatic heterocycles. The monoisotopic (exact) mass is 277 g/mol. The molecule has 1 aromatic carbocycles. The van der Waals surface area contributed by atoms with E-state index in [9.17, 15) is 4.79 Å². The van der Waals surface area contributed by atoms with E-state index in [1.54, 1.807) is 5.06 Å². The molecule has 0 aliphatic rings. The van der Waals surface area contributed by atoms with E-state index < -0.39 is 0 Å². The van der Waals surface area contributed by atoms with E-state index in [0.29, 0.717) is 19.0 Å². The second kappa shape index (κ2) is 8.05. The van der Waals surface area contributed by atoms with E-state index in [1.807, 2.05) is 32.9 Å². The topological polar surface area (TPSA) is 29.5 Å². The normalized spacial score (nSPS) is 12.8. The third-order valence-electron chi connectivity index (χ3n) is 3.40. The summed E-state index contributed by atoms with van der Waals surface area (Å²) in [6.07, 6.45) is 1.07. The lowest BCUT2D eigenvalue weighted by molar-refractivity contribution is -0.190. The van der Waals surface area contributed by atoms with Gasteiger partial charge in [0.2, 0.25) is 0 Å². The van der Waals surface area contributed by atoms with Crippen LogP contribution < -0.4 is 0 Å². The molecule has 0 aromatic heterocycles. The Hall–Kier alpha value is -1.35. The minimum absolute atomic E-state index is 0.190. The Morgan fingerprint density at radius 2 is 1.65 bits per heavy atom. The van der Waals surface area contributed by atoms with Gasteiger partial charge in [-0.1, -0.05) is 38.1 Å². The number of hydrogen-bond donors (Lipinski definition) is 0. The average molecular weight is 277 g/mol. The molecular formula is C17H27NO2. The van der Waals surface area contributed by atoms with Crippen LogP contribution >= 0.6 is 0 Å². The van der Waals surface area contributed by atoms with Gasteiger partial charge in [-0.05, 0) is 44.2 Å². The van der Waals surface area contributed by atoms with Crippen molar-refractivity contribution in [3.8, 4) is 0 Å². The molecule has 3 nitrogen and oxygen atoms in total. The fraction of sp³-hybridized carbons (Fsp3) is 0.588. The lowest BCUT2D eigenvalue weighted by Crippen LogP contribution is -2.29. The highest BCUT2D eigenvalue weighted by Gasteiger charge is 2.19. The van der Waals surface area contributed by atoms with Gasteiger partial charge in [0.25, 0.3) is 0 Å². The van der Waals surface area contributed by atoms with E-state index >= 15 is 0 Å². The summed E-state index contributed by atoms with van der Waals surface area (Å²) in [6, 6.07) is 8.28. The summed E-state index contributed by atoms with van der Waals surface area (Å²) >= 11 is 0. The second-order valence-electron chi connectivity index (χ2n) is 5.59. The van der Waals surface area contributed by atoms with Crippen molar-refractivity contribution in [1.29, 1.82) is 0 Å². The van der Waals surface area contributed by atoms with Crippen molar-refractivity contribution in [2.24, 2.45) is 5.92 Å². The molecular weight excluding hydrogens is 250 g/mol. The van der Waals surface area contributed by atoms with Gasteiger partial charge in [-0.15, -0.1) is 5.06 Å². The third-order valence-corrected chi connectivity index (χ3v) is 3.40. The smallest absolute Gasteiger partial charge is 0.332 e. The van der Waals surface area contributed by atoms with E-state index in [4.69, 9.17) is 4.84 Å². The summed E-state index contributed by atoms with van der Waals surface area (Å²) in [7, 11) is 0. The van der Waals surface area contributed by atoms with Crippen LogP contribution in [0.1, 0.15) is 51.7 Å². The molecule has 0 saturated heterocycles. The highest BCUT2D eigenvalue weighted by molar-refractivity contribution is 5.77. The third kappa shape index (κ3) is 4.97. The van der Waals surface area contributed by atoms with E-state index in [2.05, 4.69) is 26.0 Å². The number of hydrogen-bond acceptors (Lipinski definition) is 3. The number of nitrogens with zero attached hydrogens (tertiary/aromatic N) is 1. The summed E-state index contributed by atoms with van der Waals surface area (Å²) in [4.78, 5) is 17.4. The second-order valence-corrected chi connectivity index (χ2v) is 5.59. The van der Waals surface area contributed by atoms with Crippen LogP contribution in [0.2, 0.25) is 0 Å². The first-order valence-electron chi connectivity index (χ1n) is 7.53. The first-order chi connectivity index (χ1) is 9.47. The predicted octanol–water partition coefficient (Wildman–Crippen LogP) is 3.79. The number of carbonyl (C=O) groups excluding carboxylic acids is 1. The molecule has 0 aliphatic carbocycles. The molecule has 0 bridgehead atoms. The average Bonchev–Trinajstić information content (AvgIpc) is 2.43. The van der Waals surface area contributed by atoms with E-state index in [1.165, 1.54) is 5.56 Å². The molecule has 0 N–H and O–H groups in total. The lowest BCUT2D eigenvalue weighted by atomic mass is 9.97. The predicted molar refractivity (Wildman–Crippen MR) is 82.4 cm³/mol. The van der Waals surface area contributed by atoms with Crippen LogP contribution in [0.3, 0.4) is 0 Å². The Morgan fingerprint density at radius 3 is 2.10 bits per heavy atom. The fourth-order valence-corrected chi connectivity index (χ4v) is 2.11. The van der Waals surface area contributed by atoms with Crippen molar-refractivity contribution >= 4 is 5.97 Å². The van der Waals surface area contributed by atoms with Crippen molar-refractivity contribution in [3.05, 3.63) is 35.4 Å². The maximum absolute atomic E-state index is 12.1. The zero-order valence-electron chi connectivity index (χ0n) is 13.3. The highest BCUT2D eigenvalue weighted by atomic mass is 16.7. The maximum Gasteiger partial charge on any atom is 0.332 e. The molecule has 0 fully saturated rings. The molecule has 112 valence electrons. The Kier molecular flexibility index (Phi) is 6.73. The van der Waals surface area contributed by atoms with Crippen LogP contribution in [0.25, 0.3) is 0 Å². The van der Waals surface area contributed by atoms with Crippen molar-refractivity contribution in [2.45, 2.75) is 47.0 Å². The van der Waals surface area contributed by atoms with Gasteiger partial charge in [-0.3, -0.25) is 0 Å². The molecule has 0 spiro atoms. The number of hydroxylamine groups is 2. The molecule has 1 unspecified atom stereocenters.